The van der Waals surface area contributed by atoms with Gasteiger partial charge in [0.05, 0.1) is 11.4 Å². The number of Topliss-reactive ketones (excluding diaryl/α,β-unsaturated/α-hetero) is 1. The molecule has 1 heterocycles. The van der Waals surface area contributed by atoms with Crippen LogP contribution in [-0.2, 0) is 10.0 Å². The number of hydrogen-bond donors (Lipinski definition) is 0. The van der Waals surface area contributed by atoms with Crippen molar-refractivity contribution in [2.45, 2.75) is 11.8 Å². The molecule has 2 amide bonds. The van der Waals surface area contributed by atoms with E-state index >= 15 is 0 Å². The third-order valence-corrected chi connectivity index (χ3v) is 5.46. The van der Waals surface area contributed by atoms with E-state index in [-0.39, 0.29) is 16.4 Å². The SMILES string of the molecule is CC(=O)c1ccc(N2C(=O)N(C)c3ccccc3S2(=O)=O)cc1. The molecular formula is C16H14N2O4S. The number of ketones is 1. The maximum atomic E-state index is 12.8. The highest BCUT2D eigenvalue weighted by atomic mass is 32.2. The molecule has 0 saturated heterocycles. The van der Waals surface area contributed by atoms with Crippen LogP contribution >= 0.6 is 0 Å². The van der Waals surface area contributed by atoms with E-state index in [2.05, 4.69) is 0 Å². The van der Waals surface area contributed by atoms with E-state index < -0.39 is 16.1 Å². The lowest BCUT2D eigenvalue weighted by atomic mass is 10.1. The Morgan fingerprint density at radius 1 is 1.00 bits per heavy atom. The molecule has 0 fully saturated rings. The van der Waals surface area contributed by atoms with Crippen LogP contribution in [0.4, 0.5) is 16.2 Å². The zero-order valence-corrected chi connectivity index (χ0v) is 13.4. The highest BCUT2D eigenvalue weighted by Crippen LogP contribution is 2.36. The Labute approximate surface area is 134 Å². The molecule has 0 atom stereocenters. The third-order valence-electron chi connectivity index (χ3n) is 3.71. The molecule has 6 nitrogen and oxygen atoms in total. The summed E-state index contributed by atoms with van der Waals surface area (Å²) >= 11 is 0. The van der Waals surface area contributed by atoms with Crippen LogP contribution in [-0.4, -0.2) is 27.3 Å². The topological polar surface area (TPSA) is 74.8 Å². The number of amides is 2. The van der Waals surface area contributed by atoms with E-state index in [1.807, 2.05) is 0 Å². The van der Waals surface area contributed by atoms with Gasteiger partial charge in [-0.2, -0.15) is 4.31 Å². The van der Waals surface area contributed by atoms with Crippen molar-refractivity contribution in [1.29, 1.82) is 0 Å². The van der Waals surface area contributed by atoms with Crippen molar-refractivity contribution in [3.05, 3.63) is 54.1 Å². The highest BCUT2D eigenvalue weighted by molar-refractivity contribution is 7.94. The van der Waals surface area contributed by atoms with Gasteiger partial charge in [-0.1, -0.05) is 12.1 Å². The summed E-state index contributed by atoms with van der Waals surface area (Å²) in [5.41, 5.74) is 0.986. The number of sulfonamides is 1. The summed E-state index contributed by atoms with van der Waals surface area (Å²) < 4.78 is 26.3. The summed E-state index contributed by atoms with van der Waals surface area (Å²) in [5, 5.41) is 0. The average Bonchev–Trinajstić information content (AvgIpc) is 2.53. The van der Waals surface area contributed by atoms with Gasteiger partial charge < -0.3 is 0 Å². The molecule has 2 aromatic rings. The standard InChI is InChI=1S/C16H14N2O4S/c1-11(19)12-7-9-13(10-8-12)18-16(20)17(2)14-5-3-4-6-15(14)23(18,21)22/h3-10H,1-2H3. The van der Waals surface area contributed by atoms with E-state index in [9.17, 15) is 18.0 Å². The van der Waals surface area contributed by atoms with Crippen molar-refractivity contribution in [2.75, 3.05) is 16.3 Å². The number of carbonyl (C=O) groups is 2. The lowest BCUT2D eigenvalue weighted by Crippen LogP contribution is -2.49. The molecule has 7 heteroatoms. The second-order valence-electron chi connectivity index (χ2n) is 5.18. The summed E-state index contributed by atoms with van der Waals surface area (Å²) in [6.45, 7) is 1.42. The lowest BCUT2D eigenvalue weighted by Gasteiger charge is -2.34. The molecule has 0 N–H and O–H groups in total. The number of hydrogen-bond acceptors (Lipinski definition) is 4. The van der Waals surface area contributed by atoms with Crippen molar-refractivity contribution < 1.29 is 18.0 Å². The smallest absolute Gasteiger partial charge is 0.295 e. The summed E-state index contributed by atoms with van der Waals surface area (Å²) in [7, 11) is -2.47. The first-order valence-corrected chi connectivity index (χ1v) is 8.31. The molecule has 3 rings (SSSR count). The zero-order valence-electron chi connectivity index (χ0n) is 12.6. The van der Waals surface area contributed by atoms with Crippen molar-refractivity contribution in [3.63, 3.8) is 0 Å². The van der Waals surface area contributed by atoms with Gasteiger partial charge in [-0.05, 0) is 43.3 Å². The van der Waals surface area contributed by atoms with Gasteiger partial charge in [-0.15, -0.1) is 0 Å². The van der Waals surface area contributed by atoms with E-state index in [0.29, 0.717) is 11.3 Å². The van der Waals surface area contributed by atoms with Crippen LogP contribution in [0.15, 0.2) is 53.4 Å². The molecule has 118 valence electrons. The predicted octanol–water partition coefficient (Wildman–Crippen LogP) is 2.65. The Hall–Kier alpha value is -2.67. The van der Waals surface area contributed by atoms with Crippen LogP contribution in [0.25, 0.3) is 0 Å². The Morgan fingerprint density at radius 3 is 2.22 bits per heavy atom. The van der Waals surface area contributed by atoms with Crippen LogP contribution < -0.4 is 9.21 Å². The van der Waals surface area contributed by atoms with Crippen LogP contribution in [0.1, 0.15) is 17.3 Å². The van der Waals surface area contributed by atoms with Gasteiger partial charge in [0.2, 0.25) is 0 Å². The van der Waals surface area contributed by atoms with Gasteiger partial charge in [0.25, 0.3) is 10.0 Å². The molecule has 1 aliphatic rings. The molecule has 23 heavy (non-hydrogen) atoms. The number of carbonyl (C=O) groups excluding carboxylic acids is 2. The molecule has 1 aliphatic heterocycles. The second kappa shape index (κ2) is 5.20. The fourth-order valence-corrected chi connectivity index (χ4v) is 4.12. The Morgan fingerprint density at radius 2 is 1.61 bits per heavy atom. The maximum absolute atomic E-state index is 12.8. The quantitative estimate of drug-likeness (QED) is 0.793. The highest BCUT2D eigenvalue weighted by Gasteiger charge is 2.40. The lowest BCUT2D eigenvalue weighted by molar-refractivity contribution is 0.101. The van der Waals surface area contributed by atoms with Crippen molar-refractivity contribution >= 4 is 33.2 Å². The average molecular weight is 330 g/mol. The molecule has 2 aromatic carbocycles. The van der Waals surface area contributed by atoms with Gasteiger partial charge in [-0.3, -0.25) is 9.69 Å². The zero-order chi connectivity index (χ0) is 16.8. The second-order valence-corrected chi connectivity index (χ2v) is 6.94. The summed E-state index contributed by atoms with van der Waals surface area (Å²) in [4.78, 5) is 25.2. The molecule has 0 aliphatic carbocycles. The number of fused-ring (bicyclic) bond motifs is 1. The maximum Gasteiger partial charge on any atom is 0.342 e. The summed E-state index contributed by atoms with van der Waals surface area (Å²) in [6, 6.07) is 11.6. The summed E-state index contributed by atoms with van der Waals surface area (Å²) in [6.07, 6.45) is 0. The fourth-order valence-electron chi connectivity index (χ4n) is 2.47. The molecule has 0 unspecified atom stereocenters. The molecule has 0 radical (unpaired) electrons. The molecule has 0 spiro atoms. The molecule has 0 saturated carbocycles. The van der Waals surface area contributed by atoms with Gasteiger partial charge in [0.1, 0.15) is 4.90 Å². The van der Waals surface area contributed by atoms with Crippen LogP contribution in [0.3, 0.4) is 0 Å². The van der Waals surface area contributed by atoms with Crippen LogP contribution in [0.2, 0.25) is 0 Å². The number of urea groups is 1. The molecule has 0 aromatic heterocycles. The first-order valence-electron chi connectivity index (χ1n) is 6.87. The largest absolute Gasteiger partial charge is 0.342 e. The molecular weight excluding hydrogens is 316 g/mol. The van der Waals surface area contributed by atoms with Crippen LogP contribution in [0, 0.1) is 0 Å². The van der Waals surface area contributed by atoms with E-state index in [1.165, 1.54) is 49.2 Å². The summed E-state index contributed by atoms with van der Waals surface area (Å²) in [5.74, 6) is -0.133. The van der Waals surface area contributed by atoms with Gasteiger partial charge in [-0.25, -0.2) is 13.2 Å². The number of benzene rings is 2. The Bertz CT molecular complexity index is 904. The minimum atomic E-state index is -3.99. The first-order chi connectivity index (χ1) is 10.8. The predicted molar refractivity (Wildman–Crippen MR) is 86.4 cm³/mol. The number of para-hydroxylation sites is 1. The number of rotatable bonds is 2. The number of anilines is 2. The minimum Gasteiger partial charge on any atom is -0.295 e. The van der Waals surface area contributed by atoms with Crippen LogP contribution in [0.5, 0.6) is 0 Å². The monoisotopic (exact) mass is 330 g/mol. The Kier molecular flexibility index (Phi) is 3.45. The van der Waals surface area contributed by atoms with Crippen molar-refractivity contribution in [3.8, 4) is 0 Å². The first kappa shape index (κ1) is 15.2. The molecule has 0 bridgehead atoms. The number of nitrogens with zero attached hydrogens (tertiary/aromatic N) is 2. The van der Waals surface area contributed by atoms with E-state index in [1.54, 1.807) is 18.2 Å². The fraction of sp³-hybridized carbons (Fsp3) is 0.125. The van der Waals surface area contributed by atoms with Gasteiger partial charge in [0.15, 0.2) is 5.78 Å². The third kappa shape index (κ3) is 2.29. The van der Waals surface area contributed by atoms with E-state index in [0.717, 1.165) is 4.31 Å². The van der Waals surface area contributed by atoms with E-state index in [4.69, 9.17) is 0 Å². The van der Waals surface area contributed by atoms with Gasteiger partial charge >= 0.3 is 6.03 Å². The Balaban J connectivity index is 2.16. The van der Waals surface area contributed by atoms with Gasteiger partial charge in [0, 0.05) is 12.6 Å². The normalized spacial score (nSPS) is 16.2. The van der Waals surface area contributed by atoms with Crippen molar-refractivity contribution in [2.24, 2.45) is 0 Å². The minimum absolute atomic E-state index is 0.0674. The van der Waals surface area contributed by atoms with Crippen molar-refractivity contribution in [1.82, 2.24) is 0 Å².